The highest BCUT2D eigenvalue weighted by molar-refractivity contribution is 9.10. The number of hydrogen-bond acceptors (Lipinski definition) is 2. The molecule has 0 aliphatic carbocycles. The molecule has 5 heteroatoms. The van der Waals surface area contributed by atoms with Gasteiger partial charge in [0.2, 0.25) is 0 Å². The van der Waals surface area contributed by atoms with Crippen LogP contribution in [0.1, 0.15) is 22.7 Å². The Hall–Kier alpha value is -1.10. The Bertz CT molecular complexity index is 663. The first-order valence-corrected chi connectivity index (χ1v) is 7.61. The minimum absolute atomic E-state index is 0.218. The predicted molar refractivity (Wildman–Crippen MR) is 87.7 cm³/mol. The maximum absolute atomic E-state index is 13.8. The van der Waals surface area contributed by atoms with Crippen molar-refractivity contribution in [1.29, 1.82) is 0 Å². The number of ether oxygens (including phenoxy) is 1. The summed E-state index contributed by atoms with van der Waals surface area (Å²) in [7, 11) is 3.41. The first kappa shape index (κ1) is 16.3. The molecule has 1 unspecified atom stereocenters. The highest BCUT2D eigenvalue weighted by atomic mass is 79.9. The number of nitrogens with one attached hydrogen (secondary N) is 1. The number of aryl methyl sites for hydroxylation is 1. The van der Waals surface area contributed by atoms with Gasteiger partial charge in [-0.1, -0.05) is 23.7 Å². The summed E-state index contributed by atoms with van der Waals surface area (Å²) in [5.41, 5.74) is 2.28. The molecule has 0 fully saturated rings. The Kier molecular flexibility index (Phi) is 5.25. The molecule has 0 aromatic heterocycles. The van der Waals surface area contributed by atoms with Crippen LogP contribution in [0.3, 0.4) is 0 Å². The van der Waals surface area contributed by atoms with E-state index in [1.54, 1.807) is 26.2 Å². The number of benzene rings is 2. The van der Waals surface area contributed by atoms with E-state index < -0.39 is 0 Å². The Morgan fingerprint density at radius 1 is 1.29 bits per heavy atom. The zero-order valence-electron chi connectivity index (χ0n) is 12.0. The van der Waals surface area contributed by atoms with Gasteiger partial charge in [0.1, 0.15) is 11.6 Å². The first-order valence-electron chi connectivity index (χ1n) is 6.44. The third-order valence-electron chi connectivity index (χ3n) is 3.37. The van der Waals surface area contributed by atoms with Gasteiger partial charge in [-0.25, -0.2) is 4.39 Å². The van der Waals surface area contributed by atoms with Crippen LogP contribution in [0.4, 0.5) is 4.39 Å². The van der Waals surface area contributed by atoms with Gasteiger partial charge in [0.25, 0.3) is 0 Å². The number of methoxy groups -OCH3 is 1. The second kappa shape index (κ2) is 6.77. The molecule has 1 N–H and O–H groups in total. The molecular formula is C16H16BrClFNO. The summed E-state index contributed by atoms with van der Waals surface area (Å²) in [6.07, 6.45) is 0. The normalized spacial score (nSPS) is 12.3. The quantitative estimate of drug-likeness (QED) is 0.827. The third kappa shape index (κ3) is 3.39. The maximum atomic E-state index is 13.8. The van der Waals surface area contributed by atoms with E-state index in [1.807, 2.05) is 19.2 Å². The molecule has 0 saturated carbocycles. The fraction of sp³-hybridized carbons (Fsp3) is 0.250. The largest absolute Gasteiger partial charge is 0.495 e. The van der Waals surface area contributed by atoms with Crippen molar-refractivity contribution in [3.05, 3.63) is 62.3 Å². The zero-order valence-corrected chi connectivity index (χ0v) is 14.3. The molecule has 0 amide bonds. The van der Waals surface area contributed by atoms with Crippen LogP contribution in [0.25, 0.3) is 0 Å². The Labute approximate surface area is 137 Å². The molecule has 2 nitrogen and oxygen atoms in total. The van der Waals surface area contributed by atoms with Gasteiger partial charge in [-0.3, -0.25) is 0 Å². The lowest BCUT2D eigenvalue weighted by Gasteiger charge is -2.21. The van der Waals surface area contributed by atoms with Crippen molar-refractivity contribution in [3.8, 4) is 5.75 Å². The minimum Gasteiger partial charge on any atom is -0.495 e. The first-order chi connectivity index (χ1) is 9.97. The average Bonchev–Trinajstić information content (AvgIpc) is 2.43. The number of halogens is 3. The second-order valence-electron chi connectivity index (χ2n) is 4.74. The molecule has 1 atom stereocenters. The molecule has 0 saturated heterocycles. The summed E-state index contributed by atoms with van der Waals surface area (Å²) in [5, 5.41) is 3.77. The van der Waals surface area contributed by atoms with Gasteiger partial charge in [-0.15, -0.1) is 0 Å². The average molecular weight is 373 g/mol. The van der Waals surface area contributed by atoms with Crippen LogP contribution >= 0.6 is 27.5 Å². The van der Waals surface area contributed by atoms with Gasteiger partial charge in [0.05, 0.1) is 17.6 Å². The van der Waals surface area contributed by atoms with E-state index in [0.29, 0.717) is 16.3 Å². The van der Waals surface area contributed by atoms with Crippen LogP contribution in [-0.4, -0.2) is 14.2 Å². The van der Waals surface area contributed by atoms with Crippen molar-refractivity contribution in [3.63, 3.8) is 0 Å². The lowest BCUT2D eigenvalue weighted by atomic mass is 9.97. The molecule has 112 valence electrons. The number of hydrogen-bond donors (Lipinski definition) is 1. The summed E-state index contributed by atoms with van der Waals surface area (Å²) < 4.78 is 20.1. The summed E-state index contributed by atoms with van der Waals surface area (Å²) in [6, 6.07) is 8.57. The molecule has 0 aliphatic heterocycles. The molecule has 0 bridgehead atoms. The topological polar surface area (TPSA) is 21.3 Å². The van der Waals surface area contributed by atoms with E-state index in [4.69, 9.17) is 16.3 Å². The standard InChI is InChI=1S/C16H16BrClFNO/c1-9-4-5-10(6-14(9)19)15(20-2)12-7-11(18)8-13(17)16(12)21-3/h4-8,15,20H,1-3H3. The van der Waals surface area contributed by atoms with Gasteiger partial charge < -0.3 is 10.1 Å². The molecule has 0 radical (unpaired) electrons. The van der Waals surface area contributed by atoms with E-state index in [1.165, 1.54) is 6.07 Å². The Morgan fingerprint density at radius 3 is 2.57 bits per heavy atom. The summed E-state index contributed by atoms with van der Waals surface area (Å²) in [6.45, 7) is 1.74. The van der Waals surface area contributed by atoms with Crippen molar-refractivity contribution >= 4 is 27.5 Å². The predicted octanol–water partition coefficient (Wildman–Crippen LogP) is 4.87. The van der Waals surface area contributed by atoms with E-state index in [0.717, 1.165) is 15.6 Å². The van der Waals surface area contributed by atoms with Crippen molar-refractivity contribution in [2.45, 2.75) is 13.0 Å². The SMILES string of the molecule is CNC(c1ccc(C)c(F)c1)c1cc(Cl)cc(Br)c1OC. The monoisotopic (exact) mass is 371 g/mol. The van der Waals surface area contributed by atoms with Gasteiger partial charge in [-0.2, -0.15) is 0 Å². The second-order valence-corrected chi connectivity index (χ2v) is 6.03. The summed E-state index contributed by atoms with van der Waals surface area (Å²) >= 11 is 9.58. The Balaban J connectivity index is 2.58. The van der Waals surface area contributed by atoms with E-state index in [-0.39, 0.29) is 11.9 Å². The van der Waals surface area contributed by atoms with Crippen molar-refractivity contribution in [2.24, 2.45) is 0 Å². The van der Waals surface area contributed by atoms with Gasteiger partial charge >= 0.3 is 0 Å². The zero-order chi connectivity index (χ0) is 15.6. The van der Waals surface area contributed by atoms with E-state index in [2.05, 4.69) is 21.2 Å². The van der Waals surface area contributed by atoms with Crippen molar-refractivity contribution < 1.29 is 9.13 Å². The Morgan fingerprint density at radius 2 is 2.00 bits per heavy atom. The van der Waals surface area contributed by atoms with Gasteiger partial charge in [0.15, 0.2) is 0 Å². The fourth-order valence-corrected chi connectivity index (χ4v) is 3.30. The molecule has 0 spiro atoms. The fourth-order valence-electron chi connectivity index (χ4n) is 2.30. The molecular weight excluding hydrogens is 357 g/mol. The minimum atomic E-state index is -0.229. The van der Waals surface area contributed by atoms with E-state index in [9.17, 15) is 4.39 Å². The van der Waals surface area contributed by atoms with Gasteiger partial charge in [0, 0.05) is 10.6 Å². The molecule has 2 aromatic carbocycles. The summed E-state index contributed by atoms with van der Waals surface area (Å²) in [4.78, 5) is 0. The maximum Gasteiger partial charge on any atom is 0.138 e. The molecule has 2 rings (SSSR count). The third-order valence-corrected chi connectivity index (χ3v) is 4.18. The van der Waals surface area contributed by atoms with Crippen LogP contribution in [0, 0.1) is 12.7 Å². The lowest BCUT2D eigenvalue weighted by Crippen LogP contribution is -2.19. The van der Waals surface area contributed by atoms with Crippen LogP contribution in [0.2, 0.25) is 5.02 Å². The number of rotatable bonds is 4. The summed E-state index contributed by atoms with van der Waals surface area (Å²) in [5.74, 6) is 0.451. The highest BCUT2D eigenvalue weighted by Crippen LogP contribution is 2.38. The highest BCUT2D eigenvalue weighted by Gasteiger charge is 2.20. The van der Waals surface area contributed by atoms with E-state index >= 15 is 0 Å². The molecule has 0 aliphatic rings. The van der Waals surface area contributed by atoms with Crippen LogP contribution in [0.15, 0.2) is 34.8 Å². The van der Waals surface area contributed by atoms with Crippen molar-refractivity contribution in [2.75, 3.05) is 14.2 Å². The molecule has 0 heterocycles. The molecule has 2 aromatic rings. The molecule has 21 heavy (non-hydrogen) atoms. The van der Waals surface area contributed by atoms with Crippen LogP contribution in [0.5, 0.6) is 5.75 Å². The van der Waals surface area contributed by atoms with Gasteiger partial charge in [-0.05, 0) is 59.2 Å². The lowest BCUT2D eigenvalue weighted by molar-refractivity contribution is 0.402. The van der Waals surface area contributed by atoms with Crippen LogP contribution < -0.4 is 10.1 Å². The van der Waals surface area contributed by atoms with Crippen molar-refractivity contribution in [1.82, 2.24) is 5.32 Å². The smallest absolute Gasteiger partial charge is 0.138 e. The van der Waals surface area contributed by atoms with Crippen LogP contribution in [-0.2, 0) is 0 Å².